The van der Waals surface area contributed by atoms with Gasteiger partial charge >= 0.3 is 6.03 Å². The van der Waals surface area contributed by atoms with Crippen LogP contribution in [0.2, 0.25) is 0 Å². The first-order valence-corrected chi connectivity index (χ1v) is 10.3. The van der Waals surface area contributed by atoms with E-state index in [2.05, 4.69) is 16.1 Å². The van der Waals surface area contributed by atoms with E-state index in [-0.39, 0.29) is 6.03 Å². The average molecular weight is 382 g/mol. The van der Waals surface area contributed by atoms with Crippen molar-refractivity contribution in [2.45, 2.75) is 44.3 Å². The maximum absolute atomic E-state index is 12.5. The number of nitrogens with two attached hydrogens (primary N) is 1. The molecule has 2 aromatic rings. The van der Waals surface area contributed by atoms with E-state index in [1.54, 1.807) is 12.1 Å². The zero-order valence-corrected chi connectivity index (χ0v) is 16.0. The third kappa shape index (κ3) is 3.67. The van der Waals surface area contributed by atoms with Crippen molar-refractivity contribution in [2.75, 3.05) is 5.32 Å². The molecule has 0 aromatic heterocycles. The fourth-order valence-electron chi connectivity index (χ4n) is 4.17. The van der Waals surface area contributed by atoms with Crippen molar-refractivity contribution in [1.29, 1.82) is 0 Å². The number of benzene rings is 2. The summed E-state index contributed by atoms with van der Waals surface area (Å²) in [5.74, 6) is 0.0309. The third-order valence-electron chi connectivity index (χ3n) is 5.39. The van der Waals surface area contributed by atoms with Crippen molar-refractivity contribution < 1.29 is 9.59 Å². The normalized spacial score (nSPS) is 14.5. The summed E-state index contributed by atoms with van der Waals surface area (Å²) in [5.41, 5.74) is 13.2. The van der Waals surface area contributed by atoms with Gasteiger partial charge in [0.2, 0.25) is 5.91 Å². The Labute approximate surface area is 163 Å². The number of urea groups is 1. The van der Waals surface area contributed by atoms with Crippen molar-refractivity contribution in [1.82, 2.24) is 4.72 Å². The van der Waals surface area contributed by atoms with E-state index in [1.165, 1.54) is 34.2 Å². The van der Waals surface area contributed by atoms with Crippen LogP contribution < -0.4 is 15.8 Å². The van der Waals surface area contributed by atoms with Crippen molar-refractivity contribution >= 4 is 29.6 Å². The Kier molecular flexibility index (Phi) is 5.07. The Morgan fingerprint density at radius 2 is 1.67 bits per heavy atom. The van der Waals surface area contributed by atoms with Crippen LogP contribution in [0, 0.1) is 0 Å². The van der Waals surface area contributed by atoms with Crippen molar-refractivity contribution in [3.05, 3.63) is 63.7 Å². The Bertz CT molecular complexity index is 878. The molecule has 0 spiro atoms. The minimum absolute atomic E-state index is 0.217. The summed E-state index contributed by atoms with van der Waals surface area (Å²) >= 11 is 1.26. The lowest BCUT2D eigenvalue weighted by atomic mass is 9.99. The van der Waals surface area contributed by atoms with E-state index < -0.39 is 5.91 Å². The number of aryl methyl sites for hydroxylation is 2. The van der Waals surface area contributed by atoms with Crippen LogP contribution in [0.3, 0.4) is 0 Å². The molecule has 0 saturated heterocycles. The van der Waals surface area contributed by atoms with Gasteiger partial charge in [0.1, 0.15) is 0 Å². The number of carbonyl (C=O) groups excluding carboxylic acids is 2. The zero-order chi connectivity index (χ0) is 18.8. The summed E-state index contributed by atoms with van der Waals surface area (Å²) in [7, 11) is 0. The molecule has 6 heteroatoms. The van der Waals surface area contributed by atoms with Crippen molar-refractivity contribution in [3.63, 3.8) is 0 Å². The molecule has 0 aliphatic heterocycles. The van der Waals surface area contributed by atoms with Gasteiger partial charge in [-0.2, -0.15) is 0 Å². The molecule has 3 amide bonds. The minimum atomic E-state index is -0.453. The molecule has 0 fully saturated rings. The first kappa shape index (κ1) is 17.9. The van der Waals surface area contributed by atoms with Gasteiger partial charge in [-0.3, -0.25) is 9.52 Å². The molecule has 2 aliphatic rings. The predicted octanol–water partition coefficient (Wildman–Crippen LogP) is 3.73. The summed E-state index contributed by atoms with van der Waals surface area (Å²) in [4.78, 5) is 24.0. The SMILES string of the molecule is NC(=O)c1ccccc1CSNC(=O)Nc1c2c(cc3c1CCC3)CCC2. The summed E-state index contributed by atoms with van der Waals surface area (Å²) in [5, 5.41) is 3.10. The highest BCUT2D eigenvalue weighted by Crippen LogP contribution is 2.38. The molecule has 2 aromatic carbocycles. The van der Waals surface area contributed by atoms with Crippen LogP contribution in [0.4, 0.5) is 10.5 Å². The van der Waals surface area contributed by atoms with Crippen LogP contribution in [-0.2, 0) is 31.4 Å². The van der Waals surface area contributed by atoms with Crippen LogP contribution in [-0.4, -0.2) is 11.9 Å². The number of nitrogens with one attached hydrogen (secondary N) is 2. The van der Waals surface area contributed by atoms with Crippen molar-refractivity contribution in [2.24, 2.45) is 5.73 Å². The van der Waals surface area contributed by atoms with Crippen LogP contribution >= 0.6 is 11.9 Å². The highest BCUT2D eigenvalue weighted by Gasteiger charge is 2.24. The number of hydrogen-bond donors (Lipinski definition) is 3. The van der Waals surface area contributed by atoms with Gasteiger partial charge in [0.25, 0.3) is 0 Å². The zero-order valence-electron chi connectivity index (χ0n) is 15.1. The van der Waals surface area contributed by atoms with Crippen LogP contribution in [0.15, 0.2) is 30.3 Å². The number of hydrogen-bond acceptors (Lipinski definition) is 3. The largest absolute Gasteiger partial charge is 0.366 e. The molecule has 4 rings (SSSR count). The van der Waals surface area contributed by atoms with Gasteiger partial charge in [0.05, 0.1) is 0 Å². The molecule has 0 heterocycles. The number of fused-ring (bicyclic) bond motifs is 2. The maximum atomic E-state index is 12.5. The number of primary amides is 1. The highest BCUT2D eigenvalue weighted by atomic mass is 32.2. The molecule has 0 atom stereocenters. The molecular formula is C21H23N3O2S. The van der Waals surface area contributed by atoms with E-state index in [4.69, 9.17) is 5.73 Å². The first-order chi connectivity index (χ1) is 13.1. The topological polar surface area (TPSA) is 84.2 Å². The monoisotopic (exact) mass is 381 g/mol. The second-order valence-corrected chi connectivity index (χ2v) is 7.88. The lowest BCUT2D eigenvalue weighted by Gasteiger charge is -2.16. The Balaban J connectivity index is 1.42. The van der Waals surface area contributed by atoms with Gasteiger partial charge in [0.15, 0.2) is 0 Å². The van der Waals surface area contributed by atoms with Gasteiger partial charge in [-0.05, 0) is 84.4 Å². The summed E-state index contributed by atoms with van der Waals surface area (Å²) < 4.78 is 2.84. The van der Waals surface area contributed by atoms with E-state index in [9.17, 15) is 9.59 Å². The Hall–Kier alpha value is -2.47. The smallest absolute Gasteiger partial charge is 0.329 e. The third-order valence-corrected chi connectivity index (χ3v) is 6.17. The molecule has 140 valence electrons. The molecule has 27 heavy (non-hydrogen) atoms. The molecule has 0 radical (unpaired) electrons. The maximum Gasteiger partial charge on any atom is 0.329 e. The quantitative estimate of drug-likeness (QED) is 0.690. The lowest BCUT2D eigenvalue weighted by molar-refractivity contribution is 0.0999. The standard InChI is InChI=1S/C21H23N3O2S/c22-20(25)18-8-2-1-5-15(18)12-27-24-21(26)23-19-16-9-3-6-13(16)11-14-7-4-10-17(14)19/h1-2,5,8,11H,3-4,6-7,9-10,12H2,(H2,22,25)(H2,23,24,26). The van der Waals surface area contributed by atoms with Gasteiger partial charge in [0, 0.05) is 17.0 Å². The minimum Gasteiger partial charge on any atom is -0.366 e. The number of carbonyl (C=O) groups is 2. The van der Waals surface area contributed by atoms with E-state index >= 15 is 0 Å². The van der Waals surface area contributed by atoms with E-state index in [0.29, 0.717) is 11.3 Å². The van der Waals surface area contributed by atoms with Gasteiger partial charge in [-0.25, -0.2) is 4.79 Å². The molecule has 0 bridgehead atoms. The summed E-state index contributed by atoms with van der Waals surface area (Å²) in [6, 6.07) is 9.33. The van der Waals surface area contributed by atoms with Gasteiger partial charge in [-0.1, -0.05) is 24.3 Å². The molecule has 0 unspecified atom stereocenters. The predicted molar refractivity (Wildman–Crippen MR) is 109 cm³/mol. The highest BCUT2D eigenvalue weighted by molar-refractivity contribution is 7.97. The van der Waals surface area contributed by atoms with Gasteiger partial charge < -0.3 is 11.1 Å². The Morgan fingerprint density at radius 1 is 1.00 bits per heavy atom. The second-order valence-electron chi connectivity index (χ2n) is 7.10. The van der Waals surface area contributed by atoms with Crippen LogP contribution in [0.1, 0.15) is 51.0 Å². The lowest BCUT2D eigenvalue weighted by Crippen LogP contribution is -2.24. The number of anilines is 1. The number of amides is 3. The summed E-state index contributed by atoms with van der Waals surface area (Å²) in [6.45, 7) is 0. The van der Waals surface area contributed by atoms with Gasteiger partial charge in [-0.15, -0.1) is 0 Å². The van der Waals surface area contributed by atoms with Crippen molar-refractivity contribution in [3.8, 4) is 0 Å². The Morgan fingerprint density at radius 3 is 2.33 bits per heavy atom. The second kappa shape index (κ2) is 7.64. The first-order valence-electron chi connectivity index (χ1n) is 9.36. The average Bonchev–Trinajstić information content (AvgIpc) is 3.31. The molecular weight excluding hydrogens is 358 g/mol. The fourth-order valence-corrected chi connectivity index (χ4v) is 4.83. The molecule has 0 saturated carbocycles. The molecule has 4 N–H and O–H groups in total. The van der Waals surface area contributed by atoms with Crippen LogP contribution in [0.25, 0.3) is 0 Å². The summed E-state index contributed by atoms with van der Waals surface area (Å²) in [6.07, 6.45) is 6.62. The number of rotatable bonds is 5. The van der Waals surface area contributed by atoms with Crippen LogP contribution in [0.5, 0.6) is 0 Å². The van der Waals surface area contributed by atoms with E-state index in [0.717, 1.165) is 49.8 Å². The fraction of sp³-hybridized carbons (Fsp3) is 0.333. The molecule has 2 aliphatic carbocycles. The van der Waals surface area contributed by atoms with E-state index in [1.807, 2.05) is 12.1 Å². The molecule has 5 nitrogen and oxygen atoms in total.